The molecule has 4 heteroatoms. The molecule has 0 radical (unpaired) electrons. The maximum atomic E-state index is 12.0. The van der Waals surface area contributed by atoms with Gasteiger partial charge in [0.25, 0.3) is 0 Å². The van der Waals surface area contributed by atoms with Crippen LogP contribution >= 0.6 is 0 Å². The van der Waals surface area contributed by atoms with E-state index >= 15 is 0 Å². The van der Waals surface area contributed by atoms with Crippen LogP contribution in [-0.2, 0) is 11.3 Å². The molecular weight excluding hydrogens is 214 g/mol. The van der Waals surface area contributed by atoms with Gasteiger partial charge in [0, 0.05) is 31.5 Å². The number of nitrogens with zero attached hydrogens (tertiary/aromatic N) is 2. The van der Waals surface area contributed by atoms with Crippen molar-refractivity contribution in [3.8, 4) is 0 Å². The fourth-order valence-electron chi connectivity index (χ4n) is 2.20. The molecule has 1 atom stereocenters. The average molecular weight is 235 g/mol. The van der Waals surface area contributed by atoms with Crippen molar-refractivity contribution < 1.29 is 4.79 Å². The fourth-order valence-corrected chi connectivity index (χ4v) is 2.20. The molecule has 0 aliphatic carbocycles. The molecule has 1 aliphatic rings. The minimum absolute atomic E-state index is 0.238. The van der Waals surface area contributed by atoms with E-state index in [-0.39, 0.29) is 5.91 Å². The van der Waals surface area contributed by atoms with Crippen LogP contribution in [-0.4, -0.2) is 35.5 Å². The third-order valence-electron chi connectivity index (χ3n) is 3.48. The van der Waals surface area contributed by atoms with Gasteiger partial charge < -0.3 is 14.8 Å². The summed E-state index contributed by atoms with van der Waals surface area (Å²) >= 11 is 0. The molecule has 0 bridgehead atoms. The highest BCUT2D eigenvalue weighted by atomic mass is 16.2. The number of amides is 1. The van der Waals surface area contributed by atoms with Crippen LogP contribution in [0.2, 0.25) is 0 Å². The van der Waals surface area contributed by atoms with Crippen LogP contribution in [0.25, 0.3) is 0 Å². The number of nitrogens with one attached hydrogen (secondary N) is 1. The van der Waals surface area contributed by atoms with Gasteiger partial charge >= 0.3 is 0 Å². The van der Waals surface area contributed by atoms with Gasteiger partial charge in [-0.3, -0.25) is 4.79 Å². The average Bonchev–Trinajstić information content (AvgIpc) is 2.98. The molecule has 1 saturated heterocycles. The van der Waals surface area contributed by atoms with Gasteiger partial charge in [-0.05, 0) is 38.4 Å². The highest BCUT2D eigenvalue weighted by Crippen LogP contribution is 2.13. The van der Waals surface area contributed by atoms with Crippen LogP contribution in [0.15, 0.2) is 18.5 Å². The molecule has 0 aromatic carbocycles. The van der Waals surface area contributed by atoms with E-state index in [1.54, 1.807) is 0 Å². The second kappa shape index (κ2) is 5.36. The molecule has 1 aliphatic heterocycles. The summed E-state index contributed by atoms with van der Waals surface area (Å²) in [6.45, 7) is 4.44. The summed E-state index contributed by atoms with van der Waals surface area (Å²) < 4.78 is 1.98. The van der Waals surface area contributed by atoms with Gasteiger partial charge in [0.15, 0.2) is 0 Å². The van der Waals surface area contributed by atoms with E-state index < -0.39 is 0 Å². The first-order valence-corrected chi connectivity index (χ1v) is 6.31. The quantitative estimate of drug-likeness (QED) is 0.856. The number of carbonyl (C=O) groups excluding carboxylic acids is 1. The largest absolute Gasteiger partial charge is 0.345 e. The van der Waals surface area contributed by atoms with Gasteiger partial charge in [0.05, 0.1) is 0 Å². The van der Waals surface area contributed by atoms with Gasteiger partial charge in [-0.25, -0.2) is 0 Å². The number of rotatable bonds is 4. The zero-order valence-electron chi connectivity index (χ0n) is 10.6. The molecule has 0 spiro atoms. The second-order valence-electron chi connectivity index (χ2n) is 4.72. The smallest absolute Gasteiger partial charge is 0.242 e. The summed E-state index contributed by atoms with van der Waals surface area (Å²) in [5, 5.41) is 3.19. The minimum atomic E-state index is 0.238. The van der Waals surface area contributed by atoms with Crippen LogP contribution in [0.3, 0.4) is 0 Å². The van der Waals surface area contributed by atoms with Crippen molar-refractivity contribution >= 4 is 5.91 Å². The van der Waals surface area contributed by atoms with Gasteiger partial charge in [-0.2, -0.15) is 0 Å². The summed E-state index contributed by atoms with van der Waals surface area (Å²) in [6.07, 6.45) is 6.34. The Morgan fingerprint density at radius 1 is 1.47 bits per heavy atom. The zero-order chi connectivity index (χ0) is 12.3. The van der Waals surface area contributed by atoms with Gasteiger partial charge in [0.1, 0.15) is 6.54 Å². The van der Waals surface area contributed by atoms with E-state index in [4.69, 9.17) is 0 Å². The van der Waals surface area contributed by atoms with Crippen molar-refractivity contribution in [2.45, 2.75) is 32.4 Å². The Bertz CT molecular complexity index is 380. The van der Waals surface area contributed by atoms with Gasteiger partial charge in [-0.1, -0.05) is 0 Å². The van der Waals surface area contributed by atoms with Crippen molar-refractivity contribution in [1.82, 2.24) is 14.8 Å². The van der Waals surface area contributed by atoms with Crippen molar-refractivity contribution in [2.24, 2.45) is 0 Å². The van der Waals surface area contributed by atoms with Crippen molar-refractivity contribution in [2.75, 3.05) is 20.1 Å². The summed E-state index contributed by atoms with van der Waals surface area (Å²) in [7, 11) is 1.94. The van der Waals surface area contributed by atoms with E-state index in [1.807, 2.05) is 22.7 Å². The van der Waals surface area contributed by atoms with Gasteiger partial charge in [-0.15, -0.1) is 0 Å². The van der Waals surface area contributed by atoms with Crippen LogP contribution in [0.1, 0.15) is 31.4 Å². The fraction of sp³-hybridized carbons (Fsp3) is 0.615. The molecule has 0 saturated carbocycles. The monoisotopic (exact) mass is 235 g/mol. The molecule has 1 amide bonds. The Kier molecular flexibility index (Phi) is 3.84. The summed E-state index contributed by atoms with van der Waals surface area (Å²) in [5.74, 6) is 0.238. The molecule has 1 fully saturated rings. The highest BCUT2D eigenvalue weighted by molar-refractivity contribution is 5.76. The van der Waals surface area contributed by atoms with Crippen LogP contribution in [0.4, 0.5) is 0 Å². The number of hydrogen-bond acceptors (Lipinski definition) is 2. The molecule has 1 unspecified atom stereocenters. The first kappa shape index (κ1) is 12.2. The normalized spacial score (nSPS) is 17.4. The number of carbonyl (C=O) groups is 1. The third kappa shape index (κ3) is 2.88. The van der Waals surface area contributed by atoms with Gasteiger partial charge in [0.2, 0.25) is 5.91 Å². The maximum absolute atomic E-state index is 12.0. The standard InChI is InChI=1S/C13H21N3O/c1-11(14-2)12-5-8-15(9-12)10-13(17)16-6-3-4-7-16/h5,8-9,11,14H,3-4,6-7,10H2,1-2H3. The van der Waals surface area contributed by atoms with Crippen molar-refractivity contribution in [3.63, 3.8) is 0 Å². The first-order valence-electron chi connectivity index (χ1n) is 6.31. The second-order valence-corrected chi connectivity index (χ2v) is 4.72. The topological polar surface area (TPSA) is 37.3 Å². The molecule has 1 N–H and O–H groups in total. The Labute approximate surface area is 103 Å². The predicted molar refractivity (Wildman–Crippen MR) is 67.7 cm³/mol. The highest BCUT2D eigenvalue weighted by Gasteiger charge is 2.18. The Balaban J connectivity index is 1.94. The van der Waals surface area contributed by atoms with Crippen molar-refractivity contribution in [1.29, 1.82) is 0 Å². The molecule has 4 nitrogen and oxygen atoms in total. The van der Waals surface area contributed by atoms with Crippen LogP contribution < -0.4 is 5.32 Å². The van der Waals surface area contributed by atoms with Crippen LogP contribution in [0, 0.1) is 0 Å². The Morgan fingerprint density at radius 3 is 2.82 bits per heavy atom. The number of aromatic nitrogens is 1. The lowest BCUT2D eigenvalue weighted by molar-refractivity contribution is -0.130. The predicted octanol–water partition coefficient (Wildman–Crippen LogP) is 1.39. The Morgan fingerprint density at radius 2 is 2.18 bits per heavy atom. The molecule has 17 heavy (non-hydrogen) atoms. The zero-order valence-corrected chi connectivity index (χ0v) is 10.6. The van der Waals surface area contributed by atoms with E-state index in [2.05, 4.69) is 24.5 Å². The molecular formula is C13H21N3O. The summed E-state index contributed by atoms with van der Waals surface area (Å²) in [4.78, 5) is 13.9. The molecule has 1 aromatic heterocycles. The molecule has 2 heterocycles. The maximum Gasteiger partial charge on any atom is 0.242 e. The number of hydrogen-bond donors (Lipinski definition) is 1. The van der Waals surface area contributed by atoms with Crippen molar-refractivity contribution in [3.05, 3.63) is 24.0 Å². The lowest BCUT2D eigenvalue weighted by Gasteiger charge is -2.15. The lowest BCUT2D eigenvalue weighted by Crippen LogP contribution is -2.30. The third-order valence-corrected chi connectivity index (χ3v) is 3.48. The van der Waals surface area contributed by atoms with E-state index in [1.165, 1.54) is 5.56 Å². The lowest BCUT2D eigenvalue weighted by atomic mass is 10.2. The van der Waals surface area contributed by atoms with E-state index in [0.29, 0.717) is 12.6 Å². The Hall–Kier alpha value is -1.29. The molecule has 1 aromatic rings. The summed E-state index contributed by atoms with van der Waals surface area (Å²) in [6, 6.07) is 2.40. The SMILES string of the molecule is CNC(C)c1ccn(CC(=O)N2CCCC2)c1. The number of likely N-dealkylation sites (tertiary alicyclic amines) is 1. The molecule has 94 valence electrons. The minimum Gasteiger partial charge on any atom is -0.345 e. The first-order chi connectivity index (χ1) is 8.20. The van der Waals surface area contributed by atoms with Crippen LogP contribution in [0.5, 0.6) is 0 Å². The summed E-state index contributed by atoms with van der Waals surface area (Å²) in [5.41, 5.74) is 1.22. The van der Waals surface area contributed by atoms with E-state index in [0.717, 1.165) is 25.9 Å². The molecule has 2 rings (SSSR count). The van der Waals surface area contributed by atoms with E-state index in [9.17, 15) is 4.79 Å².